The van der Waals surface area contributed by atoms with E-state index in [0.29, 0.717) is 4.76 Å². The minimum Gasteiger partial charge on any atom is -0.399 e. The summed E-state index contributed by atoms with van der Waals surface area (Å²) in [6.45, 7) is 1.84. The number of rotatable bonds is 0. The Bertz CT molecular complexity index is 126. The van der Waals surface area contributed by atoms with Crippen LogP contribution in [0.4, 0.5) is 4.79 Å². The van der Waals surface area contributed by atoms with Crippen molar-refractivity contribution in [3.8, 4) is 0 Å². The maximum Gasteiger partial charge on any atom is 0.645 e. The lowest BCUT2D eigenvalue weighted by Gasteiger charge is -1.85. The van der Waals surface area contributed by atoms with Crippen molar-refractivity contribution in [2.45, 2.75) is 13.0 Å². The van der Waals surface area contributed by atoms with Crippen molar-refractivity contribution in [2.75, 3.05) is 6.54 Å². The van der Waals surface area contributed by atoms with Crippen LogP contribution in [0.5, 0.6) is 0 Å². The fraction of sp³-hybridized carbons (Fsp3) is 0.750. The van der Waals surface area contributed by atoms with Gasteiger partial charge in [0.05, 0.1) is 0 Å². The normalized spacial score (nSPS) is 28.4. The van der Waals surface area contributed by atoms with E-state index in [2.05, 4.69) is 4.74 Å². The van der Waals surface area contributed by atoms with Gasteiger partial charge in [-0.2, -0.15) is 4.79 Å². The lowest BCUT2D eigenvalue weighted by atomic mass is 10.4. The largest absolute Gasteiger partial charge is 0.645 e. The van der Waals surface area contributed by atoms with Crippen LogP contribution in [-0.4, -0.2) is 23.5 Å². The van der Waals surface area contributed by atoms with Gasteiger partial charge in [0.1, 0.15) is 4.76 Å². The second kappa shape index (κ2) is 1.54. The molecule has 1 unspecified atom stereocenters. The highest BCUT2D eigenvalue weighted by Crippen LogP contribution is 2.02. The van der Waals surface area contributed by atoms with E-state index >= 15 is 0 Å². The monoisotopic (exact) mass is 116 g/mol. The zero-order valence-electron chi connectivity index (χ0n) is 4.46. The molecular weight excluding hydrogens is 110 g/mol. The smallest absolute Gasteiger partial charge is 0.399 e. The van der Waals surface area contributed by atoms with Gasteiger partial charge < -0.3 is 4.74 Å². The highest BCUT2D eigenvalue weighted by Gasteiger charge is 2.38. The predicted molar refractivity (Wildman–Crippen MR) is 24.4 cm³/mol. The molecule has 0 aliphatic carbocycles. The lowest BCUT2D eigenvalue weighted by molar-refractivity contribution is -0.437. The van der Waals surface area contributed by atoms with Crippen LogP contribution in [0, 0.1) is 4.91 Å². The summed E-state index contributed by atoms with van der Waals surface area (Å²) in [6, 6.07) is 0. The van der Waals surface area contributed by atoms with Gasteiger partial charge in [-0.05, 0) is 6.92 Å². The van der Waals surface area contributed by atoms with Gasteiger partial charge in [0, 0.05) is 4.91 Å². The van der Waals surface area contributed by atoms with Gasteiger partial charge in [-0.25, -0.2) is 0 Å². The average molecular weight is 116 g/mol. The van der Waals surface area contributed by atoms with Crippen molar-refractivity contribution in [3.63, 3.8) is 0 Å². The van der Waals surface area contributed by atoms with Crippen molar-refractivity contribution in [1.82, 2.24) is 0 Å². The summed E-state index contributed by atoms with van der Waals surface area (Å²) in [5.74, 6) is 0. The third kappa shape index (κ3) is 0.685. The molecule has 1 heterocycles. The van der Waals surface area contributed by atoms with Crippen molar-refractivity contribution in [2.24, 2.45) is 0 Å². The first kappa shape index (κ1) is 5.21. The SMILES string of the molecule is CC1C[N+](=O)C(=O)O1. The molecule has 8 heavy (non-hydrogen) atoms. The molecule has 0 spiro atoms. The van der Waals surface area contributed by atoms with E-state index in [1.165, 1.54) is 0 Å². The summed E-state index contributed by atoms with van der Waals surface area (Å²) in [7, 11) is 0. The Labute approximate surface area is 46.0 Å². The Balaban J connectivity index is 2.64. The van der Waals surface area contributed by atoms with Crippen LogP contribution in [0.1, 0.15) is 6.92 Å². The minimum absolute atomic E-state index is 0.166. The molecule has 0 aromatic rings. The Morgan fingerprint density at radius 2 is 2.50 bits per heavy atom. The summed E-state index contributed by atoms with van der Waals surface area (Å²) in [5.41, 5.74) is 0. The highest BCUT2D eigenvalue weighted by molar-refractivity contribution is 5.58. The van der Waals surface area contributed by atoms with Crippen LogP contribution in [0.2, 0.25) is 0 Å². The zero-order valence-corrected chi connectivity index (χ0v) is 4.46. The molecule has 0 radical (unpaired) electrons. The molecule has 1 aliphatic rings. The predicted octanol–water partition coefficient (Wildman–Crippen LogP) is 0.304. The van der Waals surface area contributed by atoms with E-state index < -0.39 is 6.09 Å². The lowest BCUT2D eigenvalue weighted by Crippen LogP contribution is -2.07. The summed E-state index contributed by atoms with van der Waals surface area (Å²) in [5, 5.41) is 0. The van der Waals surface area contributed by atoms with Crippen molar-refractivity contribution < 1.29 is 14.3 Å². The highest BCUT2D eigenvalue weighted by atomic mass is 16.6. The number of hydrogen-bond acceptors (Lipinski definition) is 3. The minimum atomic E-state index is -0.766. The molecule has 4 heteroatoms. The molecule has 1 saturated heterocycles. The molecule has 1 aliphatic heterocycles. The van der Waals surface area contributed by atoms with Gasteiger partial charge in [0.15, 0.2) is 6.10 Å². The number of carbonyl (C=O) groups is 1. The van der Waals surface area contributed by atoms with E-state index in [9.17, 15) is 9.70 Å². The Morgan fingerprint density at radius 1 is 1.88 bits per heavy atom. The van der Waals surface area contributed by atoms with Crippen molar-refractivity contribution in [3.05, 3.63) is 4.91 Å². The van der Waals surface area contributed by atoms with Gasteiger partial charge >= 0.3 is 6.09 Å². The quantitative estimate of drug-likeness (QED) is 0.428. The van der Waals surface area contributed by atoms with E-state index in [0.717, 1.165) is 0 Å². The van der Waals surface area contributed by atoms with Crippen molar-refractivity contribution >= 4 is 6.09 Å². The van der Waals surface area contributed by atoms with Crippen LogP contribution in [0.15, 0.2) is 0 Å². The van der Waals surface area contributed by atoms with E-state index in [-0.39, 0.29) is 12.6 Å². The van der Waals surface area contributed by atoms with E-state index in [4.69, 9.17) is 0 Å². The number of nitroso groups, excluding NO2 is 1. The molecule has 0 aromatic heterocycles. The number of amides is 1. The Hall–Kier alpha value is -0.930. The molecule has 0 aromatic carbocycles. The number of hydrogen-bond donors (Lipinski definition) is 0. The molecular formula is C4H6NO3+. The summed E-state index contributed by atoms with van der Waals surface area (Å²) in [4.78, 5) is 20.4. The molecule has 1 rings (SSSR count). The standard InChI is InChI=1S/C4H6NO3/c1-3-2-5(7)4(6)8-3/h3H,2H2,1H3/q+1. The summed E-state index contributed by atoms with van der Waals surface area (Å²) < 4.78 is 4.76. The molecule has 0 N–H and O–H groups in total. The molecule has 1 amide bonds. The van der Waals surface area contributed by atoms with Crippen LogP contribution >= 0.6 is 0 Å². The summed E-state index contributed by atoms with van der Waals surface area (Å²) in [6.07, 6.45) is -1.00. The second-order valence-corrected chi connectivity index (χ2v) is 1.76. The van der Waals surface area contributed by atoms with Gasteiger partial charge in [-0.15, -0.1) is 0 Å². The first-order valence-electron chi connectivity index (χ1n) is 2.35. The van der Waals surface area contributed by atoms with Crippen LogP contribution < -0.4 is 0 Å². The van der Waals surface area contributed by atoms with E-state index in [1.54, 1.807) is 6.92 Å². The van der Waals surface area contributed by atoms with Gasteiger partial charge in [-0.1, -0.05) is 0 Å². The molecule has 4 nitrogen and oxygen atoms in total. The number of ether oxygens (including phenoxy) is 1. The van der Waals surface area contributed by atoms with Crippen LogP contribution in [-0.2, 0) is 4.74 Å². The third-order valence-corrected chi connectivity index (χ3v) is 0.929. The maximum atomic E-state index is 10.2. The van der Waals surface area contributed by atoms with E-state index in [1.807, 2.05) is 0 Å². The molecule has 44 valence electrons. The van der Waals surface area contributed by atoms with Crippen LogP contribution in [0.3, 0.4) is 0 Å². The fourth-order valence-corrected chi connectivity index (χ4v) is 0.576. The molecule has 1 fully saturated rings. The average Bonchev–Trinajstić information content (AvgIpc) is 1.85. The number of nitrogens with zero attached hydrogens (tertiary/aromatic N) is 1. The van der Waals surface area contributed by atoms with Crippen molar-refractivity contribution in [1.29, 1.82) is 0 Å². The molecule has 0 bridgehead atoms. The molecule has 1 atom stereocenters. The number of cyclic esters (lactones) is 1. The van der Waals surface area contributed by atoms with Crippen LogP contribution in [0.25, 0.3) is 0 Å². The zero-order chi connectivity index (χ0) is 6.15. The molecule has 0 saturated carbocycles. The first-order valence-corrected chi connectivity index (χ1v) is 2.35. The maximum absolute atomic E-state index is 10.2. The fourth-order valence-electron chi connectivity index (χ4n) is 0.576. The van der Waals surface area contributed by atoms with Gasteiger partial charge in [0.2, 0.25) is 6.54 Å². The van der Waals surface area contributed by atoms with Gasteiger partial charge in [-0.3, -0.25) is 0 Å². The number of carbonyl (C=O) groups excluding carboxylic acids is 1. The van der Waals surface area contributed by atoms with Gasteiger partial charge in [0.25, 0.3) is 0 Å². The summed E-state index contributed by atoms with van der Waals surface area (Å²) >= 11 is 0. The first-order chi connectivity index (χ1) is 3.70. The topological polar surface area (TPSA) is 46.4 Å². The third-order valence-electron chi connectivity index (χ3n) is 0.929. The second-order valence-electron chi connectivity index (χ2n) is 1.76. The Morgan fingerprint density at radius 3 is 2.62 bits per heavy atom. The Kier molecular flexibility index (Phi) is 1.00.